The first-order valence-corrected chi connectivity index (χ1v) is 8.14. The Morgan fingerprint density at radius 3 is 2.56 bits per heavy atom. The van der Waals surface area contributed by atoms with Crippen LogP contribution in [0.25, 0.3) is 0 Å². The molecule has 1 heterocycles. The Balaban J connectivity index is 1.57. The number of halogens is 1. The molecule has 5 nitrogen and oxygen atoms in total. The van der Waals surface area contributed by atoms with Crippen molar-refractivity contribution in [1.82, 2.24) is 10.2 Å². The van der Waals surface area contributed by atoms with Crippen molar-refractivity contribution in [2.45, 2.75) is 19.0 Å². The van der Waals surface area contributed by atoms with Gasteiger partial charge in [0.1, 0.15) is 5.82 Å². The molecule has 0 bridgehead atoms. The summed E-state index contributed by atoms with van der Waals surface area (Å²) < 4.78 is 13.0. The number of nitrogens with one attached hydrogen (secondary N) is 1. The third-order valence-corrected chi connectivity index (χ3v) is 4.20. The van der Waals surface area contributed by atoms with Crippen LogP contribution in [-0.4, -0.2) is 36.5 Å². The molecule has 1 unspecified atom stereocenters. The predicted octanol–water partition coefficient (Wildman–Crippen LogP) is 2.77. The smallest absolute Gasteiger partial charge is 0.317 e. The van der Waals surface area contributed by atoms with Gasteiger partial charge in [-0.2, -0.15) is 0 Å². The standard InChI is InChI=1S/C19H20FN3O2/c1-22(12-14-5-3-2-4-6-14)19(25)21-16-11-18(24)23(13-16)17-9-7-15(20)8-10-17/h2-10,16H,11-13H2,1H3,(H,21,25). The number of anilines is 1. The van der Waals surface area contributed by atoms with Gasteiger partial charge in [0.25, 0.3) is 0 Å². The van der Waals surface area contributed by atoms with Crippen molar-refractivity contribution < 1.29 is 14.0 Å². The van der Waals surface area contributed by atoms with Gasteiger partial charge in [0, 0.05) is 32.2 Å². The molecule has 1 atom stereocenters. The highest BCUT2D eigenvalue weighted by atomic mass is 19.1. The fourth-order valence-corrected chi connectivity index (χ4v) is 2.89. The highest BCUT2D eigenvalue weighted by Gasteiger charge is 2.32. The molecule has 3 rings (SSSR count). The van der Waals surface area contributed by atoms with E-state index in [0.29, 0.717) is 18.8 Å². The molecule has 1 aliphatic rings. The summed E-state index contributed by atoms with van der Waals surface area (Å²) in [6.45, 7) is 0.879. The number of benzene rings is 2. The van der Waals surface area contributed by atoms with Crippen LogP contribution in [0.1, 0.15) is 12.0 Å². The number of nitrogens with zero attached hydrogens (tertiary/aromatic N) is 2. The Hall–Kier alpha value is -2.89. The van der Waals surface area contributed by atoms with Gasteiger partial charge >= 0.3 is 6.03 Å². The molecule has 25 heavy (non-hydrogen) atoms. The van der Waals surface area contributed by atoms with E-state index in [0.717, 1.165) is 5.56 Å². The minimum absolute atomic E-state index is 0.0809. The SMILES string of the molecule is CN(Cc1ccccc1)C(=O)NC1CC(=O)N(c2ccc(F)cc2)C1. The van der Waals surface area contributed by atoms with E-state index in [1.807, 2.05) is 30.3 Å². The Morgan fingerprint density at radius 2 is 1.88 bits per heavy atom. The zero-order valence-electron chi connectivity index (χ0n) is 14.0. The fourth-order valence-electron chi connectivity index (χ4n) is 2.89. The van der Waals surface area contributed by atoms with E-state index in [9.17, 15) is 14.0 Å². The fraction of sp³-hybridized carbons (Fsp3) is 0.263. The van der Waals surface area contributed by atoms with Crippen LogP contribution in [0.15, 0.2) is 54.6 Å². The van der Waals surface area contributed by atoms with Crippen molar-refractivity contribution in [3.63, 3.8) is 0 Å². The number of carbonyl (C=O) groups excluding carboxylic acids is 2. The van der Waals surface area contributed by atoms with E-state index in [1.54, 1.807) is 29.0 Å². The van der Waals surface area contributed by atoms with Crippen molar-refractivity contribution >= 4 is 17.6 Å². The highest BCUT2D eigenvalue weighted by Crippen LogP contribution is 2.22. The second-order valence-corrected chi connectivity index (χ2v) is 6.17. The Kier molecular flexibility index (Phi) is 4.97. The zero-order valence-corrected chi connectivity index (χ0v) is 14.0. The van der Waals surface area contributed by atoms with E-state index in [1.165, 1.54) is 12.1 Å². The van der Waals surface area contributed by atoms with Gasteiger partial charge in [0.2, 0.25) is 5.91 Å². The quantitative estimate of drug-likeness (QED) is 0.930. The van der Waals surface area contributed by atoms with Gasteiger partial charge in [-0.05, 0) is 29.8 Å². The highest BCUT2D eigenvalue weighted by molar-refractivity contribution is 5.96. The van der Waals surface area contributed by atoms with Crippen molar-refractivity contribution in [3.8, 4) is 0 Å². The summed E-state index contributed by atoms with van der Waals surface area (Å²) in [5.74, 6) is -0.426. The first kappa shape index (κ1) is 17.0. The molecule has 0 aliphatic carbocycles. The average Bonchev–Trinajstić information content (AvgIpc) is 2.96. The number of urea groups is 1. The van der Waals surface area contributed by atoms with Gasteiger partial charge in [0.15, 0.2) is 0 Å². The molecule has 130 valence electrons. The van der Waals surface area contributed by atoms with Crippen LogP contribution in [0, 0.1) is 5.82 Å². The van der Waals surface area contributed by atoms with Gasteiger partial charge in [-0.3, -0.25) is 4.79 Å². The van der Waals surface area contributed by atoms with Crippen molar-refractivity contribution in [1.29, 1.82) is 0 Å². The minimum atomic E-state index is -0.345. The third-order valence-electron chi connectivity index (χ3n) is 4.20. The summed E-state index contributed by atoms with van der Waals surface area (Å²) >= 11 is 0. The van der Waals surface area contributed by atoms with Crippen molar-refractivity contribution in [2.75, 3.05) is 18.5 Å². The van der Waals surface area contributed by atoms with Crippen LogP contribution in [0.4, 0.5) is 14.9 Å². The van der Waals surface area contributed by atoms with Crippen LogP contribution >= 0.6 is 0 Å². The van der Waals surface area contributed by atoms with Crippen LogP contribution in [0.3, 0.4) is 0 Å². The lowest BCUT2D eigenvalue weighted by Crippen LogP contribution is -2.43. The molecule has 0 radical (unpaired) electrons. The van der Waals surface area contributed by atoms with E-state index in [4.69, 9.17) is 0 Å². The van der Waals surface area contributed by atoms with Gasteiger partial charge in [0.05, 0.1) is 6.04 Å². The molecule has 1 aliphatic heterocycles. The van der Waals surface area contributed by atoms with E-state index in [2.05, 4.69) is 5.32 Å². The molecule has 1 saturated heterocycles. The number of amides is 3. The van der Waals surface area contributed by atoms with Crippen molar-refractivity contribution in [3.05, 3.63) is 66.0 Å². The Bertz CT molecular complexity index is 749. The Labute approximate surface area is 146 Å². The summed E-state index contributed by atoms with van der Waals surface area (Å²) in [7, 11) is 1.72. The summed E-state index contributed by atoms with van der Waals surface area (Å²) in [6.07, 6.45) is 0.238. The summed E-state index contributed by atoms with van der Waals surface area (Å²) in [4.78, 5) is 27.7. The monoisotopic (exact) mass is 341 g/mol. The van der Waals surface area contributed by atoms with Crippen LogP contribution in [-0.2, 0) is 11.3 Å². The Morgan fingerprint density at radius 1 is 1.20 bits per heavy atom. The van der Waals surface area contributed by atoms with Gasteiger partial charge in [-0.25, -0.2) is 9.18 Å². The molecule has 6 heteroatoms. The van der Waals surface area contributed by atoms with Crippen molar-refractivity contribution in [2.24, 2.45) is 0 Å². The predicted molar refractivity (Wildman–Crippen MR) is 93.6 cm³/mol. The molecule has 2 aromatic rings. The van der Waals surface area contributed by atoms with E-state index in [-0.39, 0.29) is 30.2 Å². The van der Waals surface area contributed by atoms with Gasteiger partial charge in [-0.15, -0.1) is 0 Å². The molecule has 0 saturated carbocycles. The molecule has 2 aromatic carbocycles. The first-order chi connectivity index (χ1) is 12.0. The number of rotatable bonds is 4. The lowest BCUT2D eigenvalue weighted by Gasteiger charge is -2.21. The summed E-state index contributed by atoms with van der Waals surface area (Å²) in [5.41, 5.74) is 1.68. The molecular formula is C19H20FN3O2. The molecule has 0 aromatic heterocycles. The number of hydrogen-bond acceptors (Lipinski definition) is 2. The summed E-state index contributed by atoms with van der Waals surface area (Å²) in [6, 6.07) is 15.0. The van der Waals surface area contributed by atoms with Crippen LogP contribution in [0.2, 0.25) is 0 Å². The first-order valence-electron chi connectivity index (χ1n) is 8.14. The second-order valence-electron chi connectivity index (χ2n) is 6.17. The van der Waals surface area contributed by atoms with Gasteiger partial charge < -0.3 is 15.1 Å². The maximum Gasteiger partial charge on any atom is 0.317 e. The topological polar surface area (TPSA) is 52.7 Å². The largest absolute Gasteiger partial charge is 0.333 e. The normalized spacial score (nSPS) is 16.8. The lowest BCUT2D eigenvalue weighted by molar-refractivity contribution is -0.117. The number of hydrogen-bond donors (Lipinski definition) is 1. The second kappa shape index (κ2) is 7.34. The van der Waals surface area contributed by atoms with Crippen LogP contribution in [0.5, 0.6) is 0 Å². The maximum absolute atomic E-state index is 13.0. The lowest BCUT2D eigenvalue weighted by atomic mass is 10.2. The molecule has 1 fully saturated rings. The number of carbonyl (C=O) groups is 2. The minimum Gasteiger partial charge on any atom is -0.333 e. The average molecular weight is 341 g/mol. The van der Waals surface area contributed by atoms with Gasteiger partial charge in [-0.1, -0.05) is 30.3 Å². The maximum atomic E-state index is 13.0. The third kappa shape index (κ3) is 4.15. The molecular weight excluding hydrogens is 321 g/mol. The van der Waals surface area contributed by atoms with E-state index >= 15 is 0 Å². The molecule has 3 amide bonds. The summed E-state index contributed by atoms with van der Waals surface area (Å²) in [5, 5.41) is 2.89. The molecule has 0 spiro atoms. The zero-order chi connectivity index (χ0) is 17.8. The van der Waals surface area contributed by atoms with E-state index < -0.39 is 0 Å². The van der Waals surface area contributed by atoms with Crippen LogP contribution < -0.4 is 10.2 Å². The molecule has 1 N–H and O–H groups in total.